The third kappa shape index (κ3) is 3.75. The van der Waals surface area contributed by atoms with Crippen LogP contribution in [0, 0.1) is 11.3 Å². The zero-order valence-corrected chi connectivity index (χ0v) is 8.19. The Morgan fingerprint density at radius 3 is 2.47 bits per heavy atom. The molecule has 0 radical (unpaired) electrons. The molecule has 0 bridgehead atoms. The number of hydrogen-bond donors (Lipinski definition) is 2. The molecule has 0 aromatic carbocycles. The van der Waals surface area contributed by atoms with Crippen molar-refractivity contribution in [1.82, 2.24) is 5.32 Å². The molecule has 1 amide bonds. The predicted molar refractivity (Wildman–Crippen MR) is 46.5 cm³/mol. The standard InChI is InChI=1S/C8H12F3N3O/c1-7(13,8(9,10)11)6(15)14-5-3-2-4-12/h2-3,5,13H2,1H3,(H,14,15). The van der Waals surface area contributed by atoms with Gasteiger partial charge in [-0.3, -0.25) is 4.79 Å². The Hall–Kier alpha value is -1.29. The van der Waals surface area contributed by atoms with Crippen LogP contribution in [-0.4, -0.2) is 24.2 Å². The van der Waals surface area contributed by atoms with Crippen molar-refractivity contribution in [2.45, 2.75) is 31.5 Å². The van der Waals surface area contributed by atoms with Crippen molar-refractivity contribution in [3.63, 3.8) is 0 Å². The Balaban J connectivity index is 4.17. The fourth-order valence-corrected chi connectivity index (χ4v) is 0.682. The molecule has 86 valence electrons. The Morgan fingerprint density at radius 2 is 2.07 bits per heavy atom. The van der Waals surface area contributed by atoms with E-state index < -0.39 is 17.6 Å². The van der Waals surface area contributed by atoms with E-state index in [1.165, 1.54) is 0 Å². The maximum atomic E-state index is 12.2. The lowest BCUT2D eigenvalue weighted by atomic mass is 10.0. The Morgan fingerprint density at radius 1 is 1.53 bits per heavy atom. The van der Waals surface area contributed by atoms with Crippen LogP contribution in [0.15, 0.2) is 0 Å². The second-order valence-electron chi connectivity index (χ2n) is 3.22. The highest BCUT2D eigenvalue weighted by Gasteiger charge is 2.53. The van der Waals surface area contributed by atoms with E-state index in [0.717, 1.165) is 0 Å². The summed E-state index contributed by atoms with van der Waals surface area (Å²) in [7, 11) is 0. The van der Waals surface area contributed by atoms with Crippen LogP contribution in [0.25, 0.3) is 0 Å². The highest BCUT2D eigenvalue weighted by atomic mass is 19.4. The van der Waals surface area contributed by atoms with Gasteiger partial charge in [0.2, 0.25) is 5.91 Å². The zero-order valence-electron chi connectivity index (χ0n) is 8.19. The molecule has 7 heteroatoms. The summed E-state index contributed by atoms with van der Waals surface area (Å²) in [4.78, 5) is 11.0. The van der Waals surface area contributed by atoms with Crippen LogP contribution in [0.3, 0.4) is 0 Å². The largest absolute Gasteiger partial charge is 0.415 e. The summed E-state index contributed by atoms with van der Waals surface area (Å²) in [5.41, 5.74) is 1.96. The molecule has 0 spiro atoms. The number of carbonyl (C=O) groups is 1. The SMILES string of the molecule is CC(N)(C(=O)NCCCC#N)C(F)(F)F. The summed E-state index contributed by atoms with van der Waals surface area (Å²) in [6.07, 6.45) is -4.31. The first-order valence-corrected chi connectivity index (χ1v) is 4.24. The molecule has 0 saturated carbocycles. The Labute approximate surface area is 85.2 Å². The van der Waals surface area contributed by atoms with Crippen LogP contribution in [0.1, 0.15) is 19.8 Å². The van der Waals surface area contributed by atoms with Crippen LogP contribution in [0.4, 0.5) is 13.2 Å². The predicted octanol–water partition coefficient (Wildman–Crippen LogP) is 0.686. The quantitative estimate of drug-likeness (QED) is 0.688. The minimum atomic E-state index is -4.79. The van der Waals surface area contributed by atoms with Crippen LogP contribution in [-0.2, 0) is 4.79 Å². The van der Waals surface area contributed by atoms with Crippen LogP contribution in [0.2, 0.25) is 0 Å². The summed E-state index contributed by atoms with van der Waals surface area (Å²) in [5, 5.41) is 10.2. The third-order valence-corrected chi connectivity index (χ3v) is 1.81. The minimum Gasteiger partial charge on any atom is -0.354 e. The minimum absolute atomic E-state index is 0.00919. The van der Waals surface area contributed by atoms with E-state index >= 15 is 0 Å². The molecule has 0 fully saturated rings. The molecule has 0 aliphatic carbocycles. The zero-order chi connectivity index (χ0) is 12.1. The van der Waals surface area contributed by atoms with Crippen molar-refractivity contribution in [3.8, 4) is 6.07 Å². The maximum Gasteiger partial charge on any atom is 0.415 e. The fraction of sp³-hybridized carbons (Fsp3) is 0.750. The van der Waals surface area contributed by atoms with Crippen LogP contribution in [0.5, 0.6) is 0 Å². The molecule has 0 aromatic heterocycles. The molecule has 0 aliphatic rings. The van der Waals surface area contributed by atoms with Gasteiger partial charge in [0.05, 0.1) is 6.07 Å². The Kier molecular flexibility index (Phi) is 4.55. The van der Waals surface area contributed by atoms with E-state index in [4.69, 9.17) is 11.0 Å². The molecule has 1 atom stereocenters. The number of nitriles is 1. The molecule has 1 unspecified atom stereocenters. The van der Waals surface area contributed by atoms with Crippen molar-refractivity contribution < 1.29 is 18.0 Å². The van der Waals surface area contributed by atoms with Gasteiger partial charge in [-0.05, 0) is 13.3 Å². The first-order valence-electron chi connectivity index (χ1n) is 4.24. The van der Waals surface area contributed by atoms with Gasteiger partial charge in [0, 0.05) is 13.0 Å². The first-order chi connectivity index (χ1) is 6.73. The first kappa shape index (κ1) is 13.7. The molecule has 4 nitrogen and oxygen atoms in total. The summed E-state index contributed by atoms with van der Waals surface area (Å²) in [6, 6.07) is 1.81. The van der Waals surface area contributed by atoms with Crippen molar-refractivity contribution in [3.05, 3.63) is 0 Å². The topological polar surface area (TPSA) is 78.9 Å². The summed E-state index contributed by atoms with van der Waals surface area (Å²) >= 11 is 0. The number of nitrogens with one attached hydrogen (secondary N) is 1. The van der Waals surface area contributed by atoms with E-state index in [1.807, 2.05) is 5.32 Å². The Bertz CT molecular complexity index is 267. The molecule has 0 heterocycles. The number of nitrogens with two attached hydrogens (primary N) is 1. The maximum absolute atomic E-state index is 12.2. The van der Waals surface area contributed by atoms with Gasteiger partial charge in [-0.2, -0.15) is 18.4 Å². The van der Waals surface area contributed by atoms with Gasteiger partial charge < -0.3 is 11.1 Å². The molecule has 0 aliphatic heterocycles. The molecule has 3 N–H and O–H groups in total. The average Bonchev–Trinajstić information content (AvgIpc) is 2.10. The van der Waals surface area contributed by atoms with Crippen molar-refractivity contribution in [2.75, 3.05) is 6.54 Å². The lowest BCUT2D eigenvalue weighted by molar-refractivity contribution is -0.187. The summed E-state index contributed by atoms with van der Waals surface area (Å²) in [5.74, 6) is -1.28. The van der Waals surface area contributed by atoms with Gasteiger partial charge in [0.25, 0.3) is 0 Å². The second-order valence-corrected chi connectivity index (χ2v) is 3.22. The monoisotopic (exact) mass is 223 g/mol. The summed E-state index contributed by atoms with van der Waals surface area (Å²) in [6.45, 7) is 0.613. The number of alkyl halides is 3. The lowest BCUT2D eigenvalue weighted by Crippen LogP contribution is -2.61. The number of nitrogens with zero attached hydrogens (tertiary/aromatic N) is 1. The average molecular weight is 223 g/mol. The molecule has 0 aromatic rings. The fourth-order valence-electron chi connectivity index (χ4n) is 0.682. The lowest BCUT2D eigenvalue weighted by Gasteiger charge is -2.25. The normalized spacial score (nSPS) is 15.2. The van der Waals surface area contributed by atoms with Gasteiger partial charge in [-0.25, -0.2) is 0 Å². The van der Waals surface area contributed by atoms with Crippen molar-refractivity contribution in [1.29, 1.82) is 5.26 Å². The van der Waals surface area contributed by atoms with Gasteiger partial charge in [0.15, 0.2) is 5.54 Å². The van der Waals surface area contributed by atoms with Gasteiger partial charge in [-0.1, -0.05) is 0 Å². The van der Waals surface area contributed by atoms with E-state index in [2.05, 4.69) is 0 Å². The molecular weight excluding hydrogens is 211 g/mol. The summed E-state index contributed by atoms with van der Waals surface area (Å²) < 4.78 is 36.7. The van der Waals surface area contributed by atoms with Crippen LogP contribution < -0.4 is 11.1 Å². The van der Waals surface area contributed by atoms with E-state index in [1.54, 1.807) is 6.07 Å². The number of halogens is 3. The third-order valence-electron chi connectivity index (χ3n) is 1.81. The highest BCUT2D eigenvalue weighted by Crippen LogP contribution is 2.27. The van der Waals surface area contributed by atoms with Crippen molar-refractivity contribution >= 4 is 5.91 Å². The molecule has 0 saturated heterocycles. The number of rotatable bonds is 4. The van der Waals surface area contributed by atoms with Crippen LogP contribution >= 0.6 is 0 Å². The molecular formula is C8H12F3N3O. The number of carbonyl (C=O) groups excluding carboxylic acids is 1. The van der Waals surface area contributed by atoms with E-state index in [9.17, 15) is 18.0 Å². The smallest absolute Gasteiger partial charge is 0.354 e. The van der Waals surface area contributed by atoms with Crippen molar-refractivity contribution in [2.24, 2.45) is 5.73 Å². The van der Waals surface area contributed by atoms with Gasteiger partial charge in [-0.15, -0.1) is 0 Å². The molecule has 0 rings (SSSR count). The van der Waals surface area contributed by atoms with Gasteiger partial charge in [0.1, 0.15) is 0 Å². The number of unbranched alkanes of at least 4 members (excludes halogenated alkanes) is 1. The number of hydrogen-bond acceptors (Lipinski definition) is 3. The van der Waals surface area contributed by atoms with E-state index in [0.29, 0.717) is 13.3 Å². The number of amides is 1. The second kappa shape index (κ2) is 4.98. The molecule has 15 heavy (non-hydrogen) atoms. The van der Waals surface area contributed by atoms with E-state index in [-0.39, 0.29) is 13.0 Å². The van der Waals surface area contributed by atoms with Gasteiger partial charge >= 0.3 is 6.18 Å². The highest BCUT2D eigenvalue weighted by molar-refractivity contribution is 5.86.